The summed E-state index contributed by atoms with van der Waals surface area (Å²) in [7, 11) is 0. The van der Waals surface area contributed by atoms with Crippen molar-refractivity contribution in [1.29, 1.82) is 0 Å². The van der Waals surface area contributed by atoms with Gasteiger partial charge in [0.1, 0.15) is 12.4 Å². The molecule has 0 bridgehead atoms. The van der Waals surface area contributed by atoms with Crippen LogP contribution < -0.4 is 4.74 Å². The Morgan fingerprint density at radius 1 is 0.850 bits per heavy atom. The molecule has 2 rings (SSSR count). The predicted octanol–water partition coefficient (Wildman–Crippen LogP) is 2.40. The van der Waals surface area contributed by atoms with E-state index in [2.05, 4.69) is 0 Å². The van der Waals surface area contributed by atoms with Crippen molar-refractivity contribution >= 4 is 0 Å². The van der Waals surface area contributed by atoms with E-state index < -0.39 is 5.75 Å². The Labute approximate surface area is 116 Å². The Morgan fingerprint density at radius 2 is 1.50 bits per heavy atom. The molecule has 0 fully saturated rings. The molecule has 0 amide bonds. The molecule has 0 heterocycles. The molecule has 0 saturated carbocycles. The van der Waals surface area contributed by atoms with Crippen LogP contribution in [0.15, 0.2) is 42.5 Å². The molecule has 2 aromatic rings. The van der Waals surface area contributed by atoms with Gasteiger partial charge in [0, 0.05) is 0 Å². The molecule has 0 spiro atoms. The highest BCUT2D eigenvalue weighted by Gasteiger charge is 2.07. The van der Waals surface area contributed by atoms with Crippen molar-refractivity contribution in [1.82, 2.24) is 0 Å². The maximum atomic E-state index is 9.34. The fourth-order valence-electron chi connectivity index (χ4n) is 1.67. The first-order valence-corrected chi connectivity index (χ1v) is 6.16. The van der Waals surface area contributed by atoms with E-state index in [1.807, 2.05) is 30.3 Å². The molecule has 0 aromatic heterocycles. The normalized spacial score (nSPS) is 10.4. The van der Waals surface area contributed by atoms with Crippen LogP contribution in [0.3, 0.4) is 0 Å². The third-order valence-corrected chi connectivity index (χ3v) is 2.64. The zero-order chi connectivity index (χ0) is 14.4. The van der Waals surface area contributed by atoms with E-state index in [0.717, 1.165) is 5.75 Å². The van der Waals surface area contributed by atoms with Crippen molar-refractivity contribution < 1.29 is 24.8 Å². The first-order chi connectivity index (χ1) is 9.66. The number of hydrogen-bond donors (Lipinski definition) is 3. The highest BCUT2D eigenvalue weighted by atomic mass is 16.5. The summed E-state index contributed by atoms with van der Waals surface area (Å²) in [5.41, 5.74) is 0.567. The Hall–Kier alpha value is -2.40. The molecule has 20 heavy (non-hydrogen) atoms. The SMILES string of the molecule is Oc1cc(COCCOc2ccccc2)cc(O)c1O. The lowest BCUT2D eigenvalue weighted by molar-refractivity contribution is 0.0886. The molecule has 106 valence electrons. The van der Waals surface area contributed by atoms with Gasteiger partial charge in [0.25, 0.3) is 0 Å². The van der Waals surface area contributed by atoms with E-state index in [1.165, 1.54) is 12.1 Å². The molecule has 3 N–H and O–H groups in total. The maximum absolute atomic E-state index is 9.34. The Bertz CT molecular complexity index is 530. The summed E-state index contributed by atoms with van der Waals surface area (Å²) in [5.74, 6) is -0.495. The second kappa shape index (κ2) is 6.68. The number of para-hydroxylation sites is 1. The number of aromatic hydroxyl groups is 3. The number of benzene rings is 2. The number of hydrogen-bond acceptors (Lipinski definition) is 5. The van der Waals surface area contributed by atoms with Crippen molar-refractivity contribution in [2.75, 3.05) is 13.2 Å². The van der Waals surface area contributed by atoms with Gasteiger partial charge in [0.05, 0.1) is 13.2 Å². The average Bonchev–Trinajstić information content (AvgIpc) is 2.45. The fraction of sp³-hybridized carbons (Fsp3) is 0.200. The first-order valence-electron chi connectivity index (χ1n) is 6.16. The van der Waals surface area contributed by atoms with Crippen LogP contribution in [0, 0.1) is 0 Å². The predicted molar refractivity (Wildman–Crippen MR) is 73.0 cm³/mol. The van der Waals surface area contributed by atoms with E-state index in [1.54, 1.807) is 0 Å². The van der Waals surface area contributed by atoms with E-state index >= 15 is 0 Å². The van der Waals surface area contributed by atoms with Gasteiger partial charge in [0.2, 0.25) is 0 Å². The first kappa shape index (κ1) is 14.0. The lowest BCUT2D eigenvalue weighted by Crippen LogP contribution is -2.06. The maximum Gasteiger partial charge on any atom is 0.200 e. The minimum Gasteiger partial charge on any atom is -0.504 e. The Balaban J connectivity index is 1.74. The standard InChI is InChI=1S/C15H16O5/c16-13-8-11(9-14(17)15(13)18)10-19-6-7-20-12-4-2-1-3-5-12/h1-5,8-9,16-18H,6-7,10H2. The monoisotopic (exact) mass is 276 g/mol. The summed E-state index contributed by atoms with van der Waals surface area (Å²) in [6.45, 7) is 0.983. The summed E-state index contributed by atoms with van der Waals surface area (Å²) in [5, 5.41) is 27.9. The molecule has 2 aromatic carbocycles. The molecule has 0 aliphatic rings. The summed E-state index contributed by atoms with van der Waals surface area (Å²) < 4.78 is 10.8. The largest absolute Gasteiger partial charge is 0.504 e. The van der Waals surface area contributed by atoms with Crippen LogP contribution in [0.25, 0.3) is 0 Å². The zero-order valence-corrected chi connectivity index (χ0v) is 10.8. The average molecular weight is 276 g/mol. The summed E-state index contributed by atoms with van der Waals surface area (Å²) in [6, 6.07) is 12.1. The third-order valence-electron chi connectivity index (χ3n) is 2.64. The van der Waals surface area contributed by atoms with E-state index in [9.17, 15) is 15.3 Å². The van der Waals surface area contributed by atoms with Gasteiger partial charge in [-0.25, -0.2) is 0 Å². The Morgan fingerprint density at radius 3 is 2.15 bits per heavy atom. The molecule has 0 aliphatic carbocycles. The summed E-state index contributed by atoms with van der Waals surface area (Å²) >= 11 is 0. The number of phenols is 3. The molecular weight excluding hydrogens is 260 g/mol. The number of rotatable bonds is 6. The molecular formula is C15H16O5. The van der Waals surface area contributed by atoms with Gasteiger partial charge >= 0.3 is 0 Å². The van der Waals surface area contributed by atoms with E-state index in [0.29, 0.717) is 18.8 Å². The minimum absolute atomic E-state index is 0.208. The van der Waals surface area contributed by atoms with Gasteiger partial charge < -0.3 is 24.8 Å². The van der Waals surface area contributed by atoms with Gasteiger partial charge in [-0.1, -0.05) is 18.2 Å². The van der Waals surface area contributed by atoms with E-state index in [4.69, 9.17) is 9.47 Å². The van der Waals surface area contributed by atoms with Gasteiger partial charge in [-0.15, -0.1) is 0 Å². The van der Waals surface area contributed by atoms with Crippen LogP contribution in [-0.4, -0.2) is 28.5 Å². The molecule has 0 atom stereocenters. The minimum atomic E-state index is -0.527. The molecule has 0 aliphatic heterocycles. The van der Waals surface area contributed by atoms with Crippen LogP contribution in [0.5, 0.6) is 23.0 Å². The van der Waals surface area contributed by atoms with Crippen molar-refractivity contribution in [2.24, 2.45) is 0 Å². The smallest absolute Gasteiger partial charge is 0.200 e. The van der Waals surface area contributed by atoms with Crippen molar-refractivity contribution in [3.05, 3.63) is 48.0 Å². The second-order valence-corrected chi connectivity index (χ2v) is 4.20. The fourth-order valence-corrected chi connectivity index (χ4v) is 1.67. The quantitative estimate of drug-likeness (QED) is 0.557. The topological polar surface area (TPSA) is 79.2 Å². The van der Waals surface area contributed by atoms with E-state index in [-0.39, 0.29) is 18.1 Å². The van der Waals surface area contributed by atoms with Crippen molar-refractivity contribution in [3.8, 4) is 23.0 Å². The lowest BCUT2D eigenvalue weighted by Gasteiger charge is -2.08. The molecule has 0 radical (unpaired) electrons. The van der Waals surface area contributed by atoms with Crippen LogP contribution in [0.4, 0.5) is 0 Å². The molecule has 0 saturated heterocycles. The summed E-state index contributed by atoms with van der Waals surface area (Å²) in [4.78, 5) is 0. The van der Waals surface area contributed by atoms with Crippen LogP contribution in [0.2, 0.25) is 0 Å². The van der Waals surface area contributed by atoms with Crippen molar-refractivity contribution in [2.45, 2.75) is 6.61 Å². The highest BCUT2D eigenvalue weighted by Crippen LogP contribution is 2.35. The molecule has 5 heteroatoms. The van der Waals surface area contributed by atoms with Crippen molar-refractivity contribution in [3.63, 3.8) is 0 Å². The lowest BCUT2D eigenvalue weighted by atomic mass is 10.2. The Kier molecular flexibility index (Phi) is 4.68. The number of ether oxygens (including phenoxy) is 2. The van der Waals surface area contributed by atoms with Crippen LogP contribution >= 0.6 is 0 Å². The van der Waals surface area contributed by atoms with Gasteiger partial charge in [-0.05, 0) is 29.8 Å². The number of phenolic OH excluding ortho intramolecular Hbond substituents is 3. The molecule has 5 nitrogen and oxygen atoms in total. The summed E-state index contributed by atoms with van der Waals surface area (Å²) in [6.07, 6.45) is 0. The molecule has 0 unspecified atom stereocenters. The third kappa shape index (κ3) is 3.80. The van der Waals surface area contributed by atoms with Gasteiger partial charge in [-0.2, -0.15) is 0 Å². The zero-order valence-electron chi connectivity index (χ0n) is 10.8. The second-order valence-electron chi connectivity index (χ2n) is 4.20. The van der Waals surface area contributed by atoms with Gasteiger partial charge in [0.15, 0.2) is 17.2 Å². The van der Waals surface area contributed by atoms with Gasteiger partial charge in [-0.3, -0.25) is 0 Å². The highest BCUT2D eigenvalue weighted by molar-refractivity contribution is 5.50. The van der Waals surface area contributed by atoms with Crippen LogP contribution in [0.1, 0.15) is 5.56 Å². The van der Waals surface area contributed by atoms with Crippen LogP contribution in [-0.2, 0) is 11.3 Å².